The van der Waals surface area contributed by atoms with Crippen molar-refractivity contribution < 1.29 is 12.9 Å². The maximum absolute atomic E-state index is 11.7. The molecule has 0 aliphatic carbocycles. The van der Waals surface area contributed by atoms with Crippen LogP contribution in [-0.4, -0.2) is 32.0 Å². The van der Waals surface area contributed by atoms with Crippen LogP contribution in [0.25, 0.3) is 0 Å². The minimum Gasteiger partial charge on any atom is -0.360 e. The zero-order chi connectivity index (χ0) is 10.2. The first-order valence-corrected chi connectivity index (χ1v) is 5.16. The Balaban J connectivity index is 3.38. The van der Waals surface area contributed by atoms with E-state index in [4.69, 9.17) is 4.52 Å². The largest absolute Gasteiger partial charge is 0.360 e. The third kappa shape index (κ3) is 1.59. The van der Waals surface area contributed by atoms with Gasteiger partial charge in [-0.1, -0.05) is 5.16 Å². The van der Waals surface area contributed by atoms with Crippen molar-refractivity contribution in [1.82, 2.24) is 9.46 Å². The van der Waals surface area contributed by atoms with Crippen LogP contribution in [0, 0.1) is 13.8 Å². The summed E-state index contributed by atoms with van der Waals surface area (Å²) in [5, 5.41) is 3.58. The molecule has 0 unspecified atom stereocenters. The van der Waals surface area contributed by atoms with Gasteiger partial charge in [0.1, 0.15) is 10.6 Å². The molecule has 0 atom stereocenters. The Hall–Kier alpha value is -0.880. The molecule has 74 valence electrons. The minimum absolute atomic E-state index is 0.164. The molecule has 0 aromatic carbocycles. The minimum atomic E-state index is -3.42. The van der Waals surface area contributed by atoms with Crippen LogP contribution in [0.2, 0.25) is 0 Å². The molecule has 13 heavy (non-hydrogen) atoms. The summed E-state index contributed by atoms with van der Waals surface area (Å²) in [6.45, 7) is 3.18. The average molecular weight is 204 g/mol. The molecule has 0 fully saturated rings. The molecule has 0 saturated heterocycles. The molecule has 0 saturated carbocycles. The molecule has 0 aliphatic rings. The SMILES string of the molecule is Cc1noc(C)c1S(=O)(=O)N(C)C. The summed E-state index contributed by atoms with van der Waals surface area (Å²) in [5.74, 6) is 0.325. The highest BCUT2D eigenvalue weighted by atomic mass is 32.2. The summed E-state index contributed by atoms with van der Waals surface area (Å²) >= 11 is 0. The van der Waals surface area contributed by atoms with E-state index >= 15 is 0 Å². The Labute approximate surface area is 77.4 Å². The van der Waals surface area contributed by atoms with Crippen LogP contribution in [0.15, 0.2) is 9.42 Å². The van der Waals surface area contributed by atoms with Gasteiger partial charge in [-0.25, -0.2) is 12.7 Å². The van der Waals surface area contributed by atoms with Gasteiger partial charge in [0.15, 0.2) is 5.76 Å². The van der Waals surface area contributed by atoms with Crippen LogP contribution in [0.5, 0.6) is 0 Å². The lowest BCUT2D eigenvalue weighted by molar-refractivity contribution is 0.390. The molecule has 5 nitrogen and oxygen atoms in total. The van der Waals surface area contributed by atoms with E-state index in [0.717, 1.165) is 4.31 Å². The van der Waals surface area contributed by atoms with Crippen molar-refractivity contribution >= 4 is 10.0 Å². The zero-order valence-corrected chi connectivity index (χ0v) is 8.84. The van der Waals surface area contributed by atoms with Crippen molar-refractivity contribution in [3.05, 3.63) is 11.5 Å². The maximum Gasteiger partial charge on any atom is 0.247 e. The quantitative estimate of drug-likeness (QED) is 0.705. The highest BCUT2D eigenvalue weighted by molar-refractivity contribution is 7.89. The van der Waals surface area contributed by atoms with E-state index < -0.39 is 10.0 Å². The summed E-state index contributed by atoms with van der Waals surface area (Å²) < 4.78 is 29.2. The number of aromatic nitrogens is 1. The van der Waals surface area contributed by atoms with Gasteiger partial charge in [0.05, 0.1) is 0 Å². The first-order valence-electron chi connectivity index (χ1n) is 3.72. The molecule has 0 bridgehead atoms. The van der Waals surface area contributed by atoms with Crippen LogP contribution in [0.3, 0.4) is 0 Å². The van der Waals surface area contributed by atoms with Crippen molar-refractivity contribution in [3.63, 3.8) is 0 Å². The monoisotopic (exact) mass is 204 g/mol. The highest BCUT2D eigenvalue weighted by Gasteiger charge is 2.25. The summed E-state index contributed by atoms with van der Waals surface area (Å²) in [7, 11) is -0.471. The van der Waals surface area contributed by atoms with Crippen LogP contribution in [-0.2, 0) is 10.0 Å². The molecule has 1 heterocycles. The molecule has 0 spiro atoms. The van der Waals surface area contributed by atoms with Gasteiger partial charge in [-0.2, -0.15) is 0 Å². The summed E-state index contributed by atoms with van der Waals surface area (Å²) in [5.41, 5.74) is 0.395. The van der Waals surface area contributed by atoms with Crippen molar-refractivity contribution in [2.45, 2.75) is 18.7 Å². The molecule has 0 N–H and O–H groups in total. The standard InChI is InChI=1S/C7H12N2O3S/c1-5-7(6(2)12-8-5)13(10,11)9(3)4/h1-4H3. The second-order valence-corrected chi connectivity index (χ2v) is 5.03. The zero-order valence-electron chi connectivity index (χ0n) is 8.03. The number of rotatable bonds is 2. The van der Waals surface area contributed by atoms with E-state index in [2.05, 4.69) is 5.16 Å². The Morgan fingerprint density at radius 2 is 1.85 bits per heavy atom. The first-order chi connectivity index (χ1) is 5.87. The van der Waals surface area contributed by atoms with E-state index in [-0.39, 0.29) is 4.90 Å². The third-order valence-electron chi connectivity index (χ3n) is 1.71. The summed E-state index contributed by atoms with van der Waals surface area (Å²) in [6, 6.07) is 0. The number of hydrogen-bond acceptors (Lipinski definition) is 4. The van der Waals surface area contributed by atoms with Crippen LogP contribution >= 0.6 is 0 Å². The molecule has 1 aromatic heterocycles. The number of hydrogen-bond donors (Lipinski definition) is 0. The fourth-order valence-electron chi connectivity index (χ4n) is 1.03. The lowest BCUT2D eigenvalue weighted by atomic mass is 10.4. The van der Waals surface area contributed by atoms with Gasteiger partial charge in [0.2, 0.25) is 10.0 Å². The van der Waals surface area contributed by atoms with Crippen molar-refractivity contribution in [2.24, 2.45) is 0 Å². The van der Waals surface area contributed by atoms with Crippen LogP contribution in [0.4, 0.5) is 0 Å². The molecule has 0 amide bonds. The number of nitrogens with zero attached hydrogens (tertiary/aromatic N) is 2. The first kappa shape index (κ1) is 10.2. The summed E-state index contributed by atoms with van der Waals surface area (Å²) in [6.07, 6.45) is 0. The Kier molecular flexibility index (Phi) is 2.44. The summed E-state index contributed by atoms with van der Waals surface area (Å²) in [4.78, 5) is 0.164. The molecule has 1 rings (SSSR count). The van der Waals surface area contributed by atoms with Gasteiger partial charge in [-0.05, 0) is 13.8 Å². The fraction of sp³-hybridized carbons (Fsp3) is 0.571. The molecule has 0 aliphatic heterocycles. The predicted molar refractivity (Wildman–Crippen MR) is 46.8 cm³/mol. The second-order valence-electron chi connectivity index (χ2n) is 2.94. The van der Waals surface area contributed by atoms with Gasteiger partial charge in [-0.15, -0.1) is 0 Å². The van der Waals surface area contributed by atoms with E-state index in [9.17, 15) is 8.42 Å². The second kappa shape index (κ2) is 3.12. The van der Waals surface area contributed by atoms with Gasteiger partial charge in [0, 0.05) is 14.1 Å². The van der Waals surface area contributed by atoms with Crippen molar-refractivity contribution in [2.75, 3.05) is 14.1 Å². The smallest absolute Gasteiger partial charge is 0.247 e. The van der Waals surface area contributed by atoms with Gasteiger partial charge in [0.25, 0.3) is 0 Å². The maximum atomic E-state index is 11.7. The van der Waals surface area contributed by atoms with Crippen molar-refractivity contribution in [3.8, 4) is 0 Å². The molecule has 0 radical (unpaired) electrons. The molecular weight excluding hydrogens is 192 g/mol. The number of aryl methyl sites for hydroxylation is 2. The van der Waals surface area contributed by atoms with E-state index in [1.54, 1.807) is 13.8 Å². The van der Waals surface area contributed by atoms with Crippen molar-refractivity contribution in [1.29, 1.82) is 0 Å². The van der Waals surface area contributed by atoms with Gasteiger partial charge >= 0.3 is 0 Å². The van der Waals surface area contributed by atoms with Gasteiger partial charge in [-0.3, -0.25) is 0 Å². The average Bonchev–Trinajstić information content (AvgIpc) is 2.30. The van der Waals surface area contributed by atoms with Crippen LogP contribution < -0.4 is 0 Å². The molecule has 6 heteroatoms. The Bertz CT molecular complexity index is 386. The molecular formula is C7H12N2O3S. The van der Waals surface area contributed by atoms with E-state index in [0.29, 0.717) is 11.5 Å². The fourth-order valence-corrected chi connectivity index (χ4v) is 2.20. The molecule has 1 aromatic rings. The Morgan fingerprint density at radius 3 is 2.15 bits per heavy atom. The Morgan fingerprint density at radius 1 is 1.31 bits per heavy atom. The van der Waals surface area contributed by atoms with Gasteiger partial charge < -0.3 is 4.52 Å². The number of sulfonamides is 1. The van der Waals surface area contributed by atoms with E-state index in [1.165, 1.54) is 14.1 Å². The predicted octanol–water partition coefficient (Wildman–Crippen LogP) is 0.542. The topological polar surface area (TPSA) is 63.4 Å². The lowest BCUT2D eigenvalue weighted by Gasteiger charge is -2.09. The third-order valence-corrected chi connectivity index (χ3v) is 3.77. The highest BCUT2D eigenvalue weighted by Crippen LogP contribution is 2.20. The van der Waals surface area contributed by atoms with E-state index in [1.807, 2.05) is 0 Å². The lowest BCUT2D eigenvalue weighted by Crippen LogP contribution is -2.23. The normalized spacial score (nSPS) is 12.4. The van der Waals surface area contributed by atoms with Crippen LogP contribution in [0.1, 0.15) is 11.5 Å².